The molecule has 1 atom stereocenters. The summed E-state index contributed by atoms with van der Waals surface area (Å²) in [5.74, 6) is 0.887. The van der Waals surface area contributed by atoms with Gasteiger partial charge in [0.15, 0.2) is 0 Å². The van der Waals surface area contributed by atoms with Gasteiger partial charge in [0.25, 0.3) is 0 Å². The van der Waals surface area contributed by atoms with Crippen molar-refractivity contribution < 1.29 is 9.47 Å². The topological polar surface area (TPSA) is 30.5 Å². The molecule has 3 aromatic rings. The fraction of sp³-hybridized carbons (Fsp3) is 0.280. The van der Waals surface area contributed by atoms with E-state index in [0.29, 0.717) is 13.2 Å². The van der Waals surface area contributed by atoms with Crippen molar-refractivity contribution >= 4 is 40.8 Å². The summed E-state index contributed by atoms with van der Waals surface area (Å²) in [7, 11) is -1.48. The fourth-order valence-corrected chi connectivity index (χ4v) is 8.25. The lowest BCUT2D eigenvalue weighted by Crippen LogP contribution is -2.51. The summed E-state index contributed by atoms with van der Waals surface area (Å²) >= 11 is 3.50. The summed E-state index contributed by atoms with van der Waals surface area (Å²) in [6.45, 7) is 6.73. The average molecular weight is 482 g/mol. The van der Waals surface area contributed by atoms with E-state index in [2.05, 4.69) is 95.8 Å². The highest BCUT2D eigenvalue weighted by molar-refractivity contribution is 9.10. The zero-order chi connectivity index (χ0) is 21.0. The molecule has 0 radical (unpaired) electrons. The maximum absolute atomic E-state index is 6.26. The van der Waals surface area contributed by atoms with Gasteiger partial charge in [-0.25, -0.2) is 0 Å². The van der Waals surface area contributed by atoms with Crippen molar-refractivity contribution in [1.29, 1.82) is 0 Å². The van der Waals surface area contributed by atoms with Crippen LogP contribution in [-0.4, -0.2) is 34.7 Å². The van der Waals surface area contributed by atoms with Crippen LogP contribution in [0, 0.1) is 0 Å². The second kappa shape index (κ2) is 9.37. The molecule has 1 aliphatic heterocycles. The minimum absolute atomic E-state index is 0.0167. The van der Waals surface area contributed by atoms with Gasteiger partial charge in [0.05, 0.1) is 18.8 Å². The van der Waals surface area contributed by atoms with Crippen molar-refractivity contribution in [3.05, 3.63) is 83.3 Å². The van der Waals surface area contributed by atoms with E-state index < -0.39 is 8.80 Å². The van der Waals surface area contributed by atoms with Crippen LogP contribution in [0.1, 0.15) is 13.8 Å². The maximum atomic E-state index is 6.26. The van der Waals surface area contributed by atoms with Crippen molar-refractivity contribution in [3.8, 4) is 5.75 Å². The standard InChI is InChI=1S/C25H28BrNO2Si/c1-25(2,30(21-9-5-3-6-10-21)22-11-7-4-8-12-22)18-28-17-20-16-27-23-15-19(26)13-14-24(23)29-20/h3-15,20,27,30H,16-18H2,1-2H3/t20-/m1/s1. The monoisotopic (exact) mass is 481 g/mol. The highest BCUT2D eigenvalue weighted by Gasteiger charge is 2.34. The Labute approximate surface area is 189 Å². The van der Waals surface area contributed by atoms with Crippen LogP contribution < -0.4 is 20.4 Å². The zero-order valence-electron chi connectivity index (χ0n) is 17.5. The third-order valence-electron chi connectivity index (χ3n) is 5.58. The molecule has 0 unspecified atom stereocenters. The molecule has 3 nitrogen and oxygen atoms in total. The van der Waals surface area contributed by atoms with Gasteiger partial charge in [-0.15, -0.1) is 0 Å². The van der Waals surface area contributed by atoms with Crippen molar-refractivity contribution in [2.24, 2.45) is 0 Å². The second-order valence-electron chi connectivity index (χ2n) is 8.52. The third kappa shape index (κ3) is 4.97. The molecule has 0 aromatic heterocycles. The molecule has 30 heavy (non-hydrogen) atoms. The van der Waals surface area contributed by atoms with Crippen LogP contribution in [0.15, 0.2) is 83.3 Å². The Morgan fingerprint density at radius 2 is 1.63 bits per heavy atom. The van der Waals surface area contributed by atoms with E-state index in [1.165, 1.54) is 10.4 Å². The van der Waals surface area contributed by atoms with Gasteiger partial charge in [0.2, 0.25) is 0 Å². The number of ether oxygens (including phenoxy) is 2. The van der Waals surface area contributed by atoms with Crippen molar-refractivity contribution in [2.75, 3.05) is 25.1 Å². The number of nitrogens with one attached hydrogen (secondary N) is 1. The number of anilines is 1. The first-order valence-electron chi connectivity index (χ1n) is 10.4. The average Bonchev–Trinajstić information content (AvgIpc) is 2.75. The van der Waals surface area contributed by atoms with Crippen LogP contribution in [-0.2, 0) is 4.74 Å². The summed E-state index contributed by atoms with van der Waals surface area (Å²) in [4.78, 5) is 0. The normalized spacial score (nSPS) is 15.9. The molecule has 5 heteroatoms. The first-order valence-corrected chi connectivity index (χ1v) is 12.9. The van der Waals surface area contributed by atoms with Crippen LogP contribution in [0.2, 0.25) is 5.04 Å². The number of rotatable bonds is 7. The van der Waals surface area contributed by atoms with E-state index in [1.807, 2.05) is 18.2 Å². The van der Waals surface area contributed by atoms with E-state index in [0.717, 1.165) is 22.5 Å². The van der Waals surface area contributed by atoms with E-state index in [1.54, 1.807) is 0 Å². The van der Waals surface area contributed by atoms with E-state index >= 15 is 0 Å². The van der Waals surface area contributed by atoms with E-state index in [-0.39, 0.29) is 11.1 Å². The van der Waals surface area contributed by atoms with Gasteiger partial charge in [0, 0.05) is 11.1 Å². The number of hydrogen-bond acceptors (Lipinski definition) is 3. The minimum atomic E-state index is -1.48. The highest BCUT2D eigenvalue weighted by atomic mass is 79.9. The quantitative estimate of drug-likeness (QED) is 0.505. The van der Waals surface area contributed by atoms with Crippen molar-refractivity contribution in [3.63, 3.8) is 0 Å². The fourth-order valence-electron chi connectivity index (χ4n) is 4.20. The lowest BCUT2D eigenvalue weighted by Gasteiger charge is -2.35. The molecule has 156 valence electrons. The van der Waals surface area contributed by atoms with Gasteiger partial charge in [0.1, 0.15) is 20.7 Å². The van der Waals surface area contributed by atoms with E-state index in [9.17, 15) is 0 Å². The summed E-state index contributed by atoms with van der Waals surface area (Å²) in [5.41, 5.74) is 1.03. The molecule has 0 saturated carbocycles. The van der Waals surface area contributed by atoms with Crippen LogP contribution in [0.4, 0.5) is 5.69 Å². The summed E-state index contributed by atoms with van der Waals surface area (Å²) in [6.07, 6.45) is 0.0167. The Balaban J connectivity index is 1.43. The van der Waals surface area contributed by atoms with Crippen molar-refractivity contribution in [1.82, 2.24) is 0 Å². The Kier molecular flexibility index (Phi) is 6.61. The molecular weight excluding hydrogens is 454 g/mol. The third-order valence-corrected chi connectivity index (χ3v) is 9.91. The van der Waals surface area contributed by atoms with Crippen molar-refractivity contribution in [2.45, 2.75) is 25.0 Å². The number of fused-ring (bicyclic) bond motifs is 1. The molecule has 0 amide bonds. The summed E-state index contributed by atoms with van der Waals surface area (Å²) < 4.78 is 13.4. The molecule has 0 spiro atoms. The molecule has 1 N–H and O–H groups in total. The molecule has 0 saturated heterocycles. The molecule has 0 fully saturated rings. The molecule has 0 bridgehead atoms. The first-order chi connectivity index (χ1) is 14.5. The molecule has 1 aliphatic rings. The lowest BCUT2D eigenvalue weighted by atomic mass is 10.2. The lowest BCUT2D eigenvalue weighted by molar-refractivity contribution is 0.0429. The minimum Gasteiger partial charge on any atom is -0.484 e. The summed E-state index contributed by atoms with van der Waals surface area (Å²) in [5, 5.41) is 6.41. The second-order valence-corrected chi connectivity index (χ2v) is 13.2. The van der Waals surface area contributed by atoms with Crippen LogP contribution in [0.25, 0.3) is 0 Å². The number of halogens is 1. The molecule has 0 aliphatic carbocycles. The van der Waals surface area contributed by atoms with Gasteiger partial charge < -0.3 is 14.8 Å². The maximum Gasteiger partial charge on any atom is 0.143 e. The first kappa shape index (κ1) is 21.2. The summed E-state index contributed by atoms with van der Waals surface area (Å²) in [6, 6.07) is 27.9. The van der Waals surface area contributed by atoms with Gasteiger partial charge in [-0.2, -0.15) is 0 Å². The molecule has 4 rings (SSSR count). The Morgan fingerprint density at radius 3 is 2.27 bits per heavy atom. The smallest absolute Gasteiger partial charge is 0.143 e. The predicted octanol–water partition coefficient (Wildman–Crippen LogP) is 4.46. The number of hydrogen-bond donors (Lipinski definition) is 1. The highest BCUT2D eigenvalue weighted by Crippen LogP contribution is 2.32. The van der Waals surface area contributed by atoms with Gasteiger partial charge in [-0.1, -0.05) is 101 Å². The predicted molar refractivity (Wildman–Crippen MR) is 131 cm³/mol. The largest absolute Gasteiger partial charge is 0.484 e. The van der Waals surface area contributed by atoms with Gasteiger partial charge >= 0.3 is 0 Å². The van der Waals surface area contributed by atoms with Gasteiger partial charge in [-0.3, -0.25) is 0 Å². The van der Waals surface area contributed by atoms with Crippen LogP contribution >= 0.6 is 15.9 Å². The van der Waals surface area contributed by atoms with Crippen LogP contribution in [0.5, 0.6) is 5.75 Å². The van der Waals surface area contributed by atoms with Gasteiger partial charge in [-0.05, 0) is 23.2 Å². The Morgan fingerprint density at radius 1 is 1.00 bits per heavy atom. The molecule has 1 heterocycles. The van der Waals surface area contributed by atoms with E-state index in [4.69, 9.17) is 9.47 Å². The van der Waals surface area contributed by atoms with Crippen LogP contribution in [0.3, 0.4) is 0 Å². The number of benzene rings is 3. The molecule has 3 aromatic carbocycles. The molecular formula is C25H28BrNO2Si. The SMILES string of the molecule is CC(C)(COC[C@H]1CNc2cc(Br)ccc2O1)[SiH](c1ccccc1)c1ccccc1. The Bertz CT molecular complexity index is 926. The zero-order valence-corrected chi connectivity index (χ0v) is 20.2. The Hall–Kier alpha value is -2.08.